The molecule has 140 valence electrons. The number of hydrogen-bond acceptors (Lipinski definition) is 6. The summed E-state index contributed by atoms with van der Waals surface area (Å²) in [5, 5.41) is 27.9. The van der Waals surface area contributed by atoms with E-state index >= 15 is 0 Å². The third kappa shape index (κ3) is 6.34. The van der Waals surface area contributed by atoms with Crippen LogP contribution in [0.4, 0.5) is 11.4 Å². The maximum atomic E-state index is 10.7. The minimum absolute atomic E-state index is 0.0257. The number of aliphatic hydroxyl groups is 1. The molecular weight excluding hydrogens is 381 g/mol. The lowest BCUT2D eigenvalue weighted by atomic mass is 10.3. The van der Waals surface area contributed by atoms with E-state index in [1.807, 2.05) is 0 Å². The Balaban J connectivity index is 1.65. The molecular formula is C17H19Cl2N3O4. The van der Waals surface area contributed by atoms with Crippen molar-refractivity contribution in [1.29, 1.82) is 0 Å². The molecule has 7 nitrogen and oxygen atoms in total. The molecule has 26 heavy (non-hydrogen) atoms. The molecule has 1 atom stereocenters. The molecule has 9 heteroatoms. The average molecular weight is 400 g/mol. The second-order valence-corrected chi connectivity index (χ2v) is 6.26. The Morgan fingerprint density at radius 2 is 1.85 bits per heavy atom. The number of halogens is 2. The minimum atomic E-state index is -0.752. The number of nitro groups is 1. The number of nitrogens with zero attached hydrogens (tertiary/aromatic N) is 1. The SMILES string of the molecule is O=[N+]([O-])c1cccc(OCC(O)CNCCNc2c(Cl)cccc2Cl)c1. The molecule has 2 aromatic carbocycles. The molecule has 2 rings (SSSR count). The molecule has 0 spiro atoms. The third-order valence-corrected chi connectivity index (χ3v) is 4.05. The number of non-ortho nitro benzene ring substituents is 1. The largest absolute Gasteiger partial charge is 0.491 e. The van der Waals surface area contributed by atoms with Crippen molar-refractivity contribution in [3.63, 3.8) is 0 Å². The fourth-order valence-electron chi connectivity index (χ4n) is 2.15. The van der Waals surface area contributed by atoms with Crippen molar-refractivity contribution in [3.8, 4) is 5.75 Å². The van der Waals surface area contributed by atoms with Gasteiger partial charge in [0.15, 0.2) is 0 Å². The second kappa shape index (κ2) is 10.2. The van der Waals surface area contributed by atoms with E-state index in [9.17, 15) is 15.2 Å². The number of anilines is 1. The van der Waals surface area contributed by atoms with Gasteiger partial charge in [-0.15, -0.1) is 0 Å². The van der Waals surface area contributed by atoms with Crippen molar-refractivity contribution >= 4 is 34.6 Å². The lowest BCUT2D eigenvalue weighted by Crippen LogP contribution is -2.34. The summed E-state index contributed by atoms with van der Waals surface area (Å²) in [7, 11) is 0. The highest BCUT2D eigenvalue weighted by Gasteiger charge is 2.09. The first-order chi connectivity index (χ1) is 12.5. The number of nitro benzene ring substituents is 1. The van der Waals surface area contributed by atoms with Crippen LogP contribution in [0.2, 0.25) is 10.0 Å². The van der Waals surface area contributed by atoms with Crippen LogP contribution in [0.25, 0.3) is 0 Å². The van der Waals surface area contributed by atoms with E-state index in [0.29, 0.717) is 41.1 Å². The van der Waals surface area contributed by atoms with Gasteiger partial charge < -0.3 is 20.5 Å². The second-order valence-electron chi connectivity index (χ2n) is 5.45. The molecule has 0 aliphatic rings. The Morgan fingerprint density at radius 3 is 2.54 bits per heavy atom. The monoisotopic (exact) mass is 399 g/mol. The van der Waals surface area contributed by atoms with Gasteiger partial charge in [-0.3, -0.25) is 10.1 Å². The smallest absolute Gasteiger partial charge is 0.273 e. The topological polar surface area (TPSA) is 96.7 Å². The van der Waals surface area contributed by atoms with Gasteiger partial charge in [0.1, 0.15) is 18.5 Å². The Kier molecular flexibility index (Phi) is 7.93. The lowest BCUT2D eigenvalue weighted by molar-refractivity contribution is -0.384. The molecule has 1 unspecified atom stereocenters. The summed E-state index contributed by atoms with van der Waals surface area (Å²) in [5.74, 6) is 0.341. The van der Waals surface area contributed by atoms with E-state index in [0.717, 1.165) is 0 Å². The minimum Gasteiger partial charge on any atom is -0.491 e. The van der Waals surface area contributed by atoms with Crippen molar-refractivity contribution in [1.82, 2.24) is 5.32 Å². The Morgan fingerprint density at radius 1 is 1.15 bits per heavy atom. The highest BCUT2D eigenvalue weighted by atomic mass is 35.5. The molecule has 0 radical (unpaired) electrons. The van der Waals surface area contributed by atoms with Crippen molar-refractivity contribution in [3.05, 3.63) is 62.6 Å². The summed E-state index contributed by atoms with van der Waals surface area (Å²) in [6, 6.07) is 11.1. The van der Waals surface area contributed by atoms with E-state index in [1.54, 1.807) is 24.3 Å². The maximum absolute atomic E-state index is 10.7. The molecule has 0 aliphatic heterocycles. The summed E-state index contributed by atoms with van der Waals surface area (Å²) in [6.07, 6.45) is -0.752. The molecule has 0 amide bonds. The standard InChI is InChI=1S/C17H19Cl2N3O4/c18-15-5-2-6-16(19)17(15)21-8-7-20-10-13(23)11-26-14-4-1-3-12(9-14)22(24)25/h1-6,9,13,20-21,23H,7-8,10-11H2. The first-order valence-corrected chi connectivity index (χ1v) is 8.67. The van der Waals surface area contributed by atoms with Gasteiger partial charge in [0.2, 0.25) is 0 Å². The van der Waals surface area contributed by atoms with Gasteiger partial charge in [-0.05, 0) is 18.2 Å². The summed E-state index contributed by atoms with van der Waals surface area (Å²) in [5.41, 5.74) is 0.617. The average Bonchev–Trinajstić information content (AvgIpc) is 2.62. The molecule has 0 aliphatic carbocycles. The first kappa shape index (κ1) is 20.3. The van der Waals surface area contributed by atoms with Crippen LogP contribution < -0.4 is 15.4 Å². The van der Waals surface area contributed by atoms with Crippen LogP contribution in [0.3, 0.4) is 0 Å². The van der Waals surface area contributed by atoms with Crippen LogP contribution in [-0.2, 0) is 0 Å². The van der Waals surface area contributed by atoms with Crippen molar-refractivity contribution in [2.45, 2.75) is 6.10 Å². The van der Waals surface area contributed by atoms with Crippen LogP contribution >= 0.6 is 23.2 Å². The highest BCUT2D eigenvalue weighted by molar-refractivity contribution is 6.39. The van der Waals surface area contributed by atoms with Crippen LogP contribution in [0, 0.1) is 10.1 Å². The zero-order valence-corrected chi connectivity index (χ0v) is 15.3. The number of ether oxygens (including phenoxy) is 1. The Labute approximate surface area is 161 Å². The number of hydrogen-bond donors (Lipinski definition) is 3. The van der Waals surface area contributed by atoms with Crippen LogP contribution in [-0.4, -0.2) is 42.4 Å². The number of benzene rings is 2. The Hall–Kier alpha value is -2.06. The molecule has 0 heterocycles. The fraction of sp³-hybridized carbons (Fsp3) is 0.294. The quantitative estimate of drug-likeness (QED) is 0.322. The third-order valence-electron chi connectivity index (χ3n) is 3.42. The Bertz CT molecular complexity index is 725. The van der Waals surface area contributed by atoms with Gasteiger partial charge in [-0.1, -0.05) is 35.3 Å². The van der Waals surface area contributed by atoms with Gasteiger partial charge in [0, 0.05) is 25.7 Å². The molecule has 2 aromatic rings. The van der Waals surface area contributed by atoms with E-state index in [2.05, 4.69) is 10.6 Å². The van der Waals surface area contributed by atoms with E-state index in [-0.39, 0.29) is 12.3 Å². The van der Waals surface area contributed by atoms with Crippen LogP contribution in [0.1, 0.15) is 0 Å². The van der Waals surface area contributed by atoms with Gasteiger partial charge >= 0.3 is 0 Å². The van der Waals surface area contributed by atoms with E-state index in [4.69, 9.17) is 27.9 Å². The summed E-state index contributed by atoms with van der Waals surface area (Å²) >= 11 is 12.1. The maximum Gasteiger partial charge on any atom is 0.273 e. The lowest BCUT2D eigenvalue weighted by Gasteiger charge is -2.14. The summed E-state index contributed by atoms with van der Waals surface area (Å²) in [4.78, 5) is 10.2. The van der Waals surface area contributed by atoms with Crippen LogP contribution in [0.15, 0.2) is 42.5 Å². The van der Waals surface area contributed by atoms with E-state index < -0.39 is 11.0 Å². The van der Waals surface area contributed by atoms with E-state index in [1.165, 1.54) is 18.2 Å². The fourth-order valence-corrected chi connectivity index (χ4v) is 2.68. The van der Waals surface area contributed by atoms with Crippen molar-refractivity contribution in [2.75, 3.05) is 31.6 Å². The number of para-hydroxylation sites is 1. The van der Waals surface area contributed by atoms with Gasteiger partial charge in [0.05, 0.1) is 26.7 Å². The van der Waals surface area contributed by atoms with Crippen molar-refractivity contribution < 1.29 is 14.8 Å². The molecule has 0 fully saturated rings. The molecule has 0 saturated heterocycles. The first-order valence-electron chi connectivity index (χ1n) is 7.91. The molecule has 0 saturated carbocycles. The normalized spacial score (nSPS) is 11.8. The number of rotatable bonds is 10. The zero-order valence-electron chi connectivity index (χ0n) is 13.8. The zero-order chi connectivity index (χ0) is 18.9. The molecule has 3 N–H and O–H groups in total. The van der Waals surface area contributed by atoms with Gasteiger partial charge in [-0.25, -0.2) is 0 Å². The van der Waals surface area contributed by atoms with Crippen molar-refractivity contribution in [2.24, 2.45) is 0 Å². The summed E-state index contributed by atoms with van der Waals surface area (Å²) < 4.78 is 5.37. The molecule has 0 aromatic heterocycles. The molecule has 0 bridgehead atoms. The van der Waals surface area contributed by atoms with Gasteiger partial charge in [-0.2, -0.15) is 0 Å². The predicted octanol–water partition coefficient (Wildman–Crippen LogP) is 3.34. The number of nitrogens with one attached hydrogen (secondary N) is 2. The predicted molar refractivity (Wildman–Crippen MR) is 102 cm³/mol. The van der Waals surface area contributed by atoms with Crippen LogP contribution in [0.5, 0.6) is 5.75 Å². The summed E-state index contributed by atoms with van der Waals surface area (Å²) in [6.45, 7) is 1.49. The van der Waals surface area contributed by atoms with Gasteiger partial charge in [0.25, 0.3) is 5.69 Å². The highest BCUT2D eigenvalue weighted by Crippen LogP contribution is 2.29. The number of aliphatic hydroxyl groups excluding tert-OH is 1.